The Labute approximate surface area is 247 Å². The van der Waals surface area contributed by atoms with Gasteiger partial charge in [-0.1, -0.05) is 42.6 Å². The first-order valence-electron chi connectivity index (χ1n) is 14.0. The van der Waals surface area contributed by atoms with Gasteiger partial charge in [-0.15, -0.1) is 0 Å². The predicted octanol–water partition coefficient (Wildman–Crippen LogP) is 5.82. The van der Waals surface area contributed by atoms with E-state index in [1.807, 2.05) is 18.2 Å². The average molecular weight is 611 g/mol. The van der Waals surface area contributed by atoms with Crippen LogP contribution in [0.2, 0.25) is 0 Å². The lowest BCUT2D eigenvalue weighted by Gasteiger charge is -2.25. The molecule has 2 saturated carbocycles. The molecule has 2 aromatic heterocycles. The lowest BCUT2D eigenvalue weighted by Crippen LogP contribution is -2.40. The number of nitrogens with zero attached hydrogens (tertiary/aromatic N) is 3. The molecule has 0 unspecified atom stereocenters. The van der Waals surface area contributed by atoms with Gasteiger partial charge < -0.3 is 20.4 Å². The molecule has 5 rings (SSSR count). The van der Waals surface area contributed by atoms with Crippen LogP contribution in [0.3, 0.4) is 0 Å². The molecule has 2 fully saturated rings. The number of aromatic amines is 1. The molecule has 3 N–H and O–H groups in total. The highest BCUT2D eigenvalue weighted by atomic mass is 19.4. The summed E-state index contributed by atoms with van der Waals surface area (Å²) < 4.78 is 56.3. The smallest absolute Gasteiger partial charge is 0.369 e. The van der Waals surface area contributed by atoms with Crippen LogP contribution in [-0.2, 0) is 22.6 Å². The topological polar surface area (TPSA) is 135 Å². The lowest BCUT2D eigenvalue weighted by molar-refractivity contribution is -0.255. The van der Waals surface area contributed by atoms with Crippen molar-refractivity contribution in [3.05, 3.63) is 53.1 Å². The minimum absolute atomic E-state index is 0.115. The number of carbonyl (C=O) groups excluding carboxylic acids is 2. The first-order valence-corrected chi connectivity index (χ1v) is 14.0. The van der Waals surface area contributed by atoms with E-state index in [0.717, 1.165) is 50.4 Å². The fraction of sp³-hybridized carbons (Fsp3) is 0.552. The number of ether oxygens (including phenoxy) is 1. The minimum Gasteiger partial charge on any atom is -0.369 e. The zero-order valence-electron chi connectivity index (χ0n) is 24.6. The molecule has 1 aromatic carbocycles. The molecule has 3 aromatic rings. The van der Waals surface area contributed by atoms with Crippen molar-refractivity contribution < 1.29 is 36.5 Å². The number of hydrogen-bond acceptors (Lipinski definition) is 7. The first kappa shape index (κ1) is 33.7. The monoisotopic (exact) mass is 610 g/mol. The lowest BCUT2D eigenvalue weighted by atomic mass is 10.1. The van der Waals surface area contributed by atoms with Crippen molar-refractivity contribution in [3.8, 4) is 0 Å². The summed E-state index contributed by atoms with van der Waals surface area (Å²) in [5, 5.41) is 13.1. The number of imidazole rings is 1. The van der Waals surface area contributed by atoms with E-state index in [1.165, 1.54) is 19.3 Å². The van der Waals surface area contributed by atoms with Gasteiger partial charge in [0.2, 0.25) is 5.91 Å². The van der Waals surface area contributed by atoms with Crippen molar-refractivity contribution in [1.82, 2.24) is 30.9 Å². The second-order valence-corrected chi connectivity index (χ2v) is 10.9. The Morgan fingerprint density at radius 2 is 1.81 bits per heavy atom. The molecule has 2 aliphatic rings. The predicted molar refractivity (Wildman–Crippen MR) is 151 cm³/mol. The Kier molecular flexibility index (Phi) is 11.8. The third kappa shape index (κ3) is 10.8. The van der Waals surface area contributed by atoms with Crippen molar-refractivity contribution >= 4 is 22.8 Å². The van der Waals surface area contributed by atoms with Gasteiger partial charge in [-0.25, -0.2) is 9.61 Å². The standard InChI is InChI=1S/C21H23FN6O3.C5H9F3O.C3H6/c1-12(6-7-22)8-18(29)23-10-13-2-5-15-16(9-13)26-17(25-15)11-24-21(30)20-19(14-3-4-14)27-31-28-20;1-4(2,9-3)5(6,7)8;1-2-3-1/h2,5,9,14H,1,3-4,6-8,10-11H2,(H,23,29)(H,24,30)(H,25,26);1-3H3;1-3H2. The van der Waals surface area contributed by atoms with E-state index in [2.05, 4.69) is 42.2 Å². The number of fused-ring (bicyclic) bond motifs is 1. The summed E-state index contributed by atoms with van der Waals surface area (Å²) in [5.74, 6) is 0.316. The van der Waals surface area contributed by atoms with Gasteiger partial charge >= 0.3 is 6.18 Å². The molecule has 0 spiro atoms. The van der Waals surface area contributed by atoms with Crippen LogP contribution in [0, 0.1) is 0 Å². The molecule has 0 radical (unpaired) electrons. The van der Waals surface area contributed by atoms with E-state index in [-0.39, 0.29) is 42.8 Å². The molecular formula is C29H38F4N6O4. The summed E-state index contributed by atoms with van der Waals surface area (Å²) in [6, 6.07) is 5.59. The van der Waals surface area contributed by atoms with Crippen molar-refractivity contribution in [2.75, 3.05) is 13.8 Å². The van der Waals surface area contributed by atoms with Gasteiger partial charge in [0, 0.05) is 26.0 Å². The van der Waals surface area contributed by atoms with Crippen LogP contribution in [0.15, 0.2) is 35.0 Å². The van der Waals surface area contributed by atoms with Crippen LogP contribution in [0.1, 0.15) is 92.3 Å². The van der Waals surface area contributed by atoms with Gasteiger partial charge in [0.05, 0.1) is 24.3 Å². The Hall–Kier alpha value is -3.81. The Bertz CT molecular complexity index is 1380. The van der Waals surface area contributed by atoms with E-state index in [0.29, 0.717) is 23.6 Å². The zero-order valence-corrected chi connectivity index (χ0v) is 24.6. The second kappa shape index (κ2) is 15.1. The number of nitrogens with one attached hydrogen (secondary N) is 3. The van der Waals surface area contributed by atoms with Gasteiger partial charge in [0.1, 0.15) is 11.5 Å². The third-order valence-electron chi connectivity index (χ3n) is 6.60. The van der Waals surface area contributed by atoms with Crippen molar-refractivity contribution in [2.45, 2.75) is 89.6 Å². The normalized spacial score (nSPS) is 14.2. The number of halogens is 4. The molecule has 43 heavy (non-hydrogen) atoms. The highest BCUT2D eigenvalue weighted by molar-refractivity contribution is 5.93. The van der Waals surface area contributed by atoms with Crippen molar-refractivity contribution in [1.29, 1.82) is 0 Å². The van der Waals surface area contributed by atoms with Crippen LogP contribution in [0.5, 0.6) is 0 Å². The molecule has 0 bridgehead atoms. The second-order valence-electron chi connectivity index (χ2n) is 10.9. The number of aromatic nitrogens is 4. The van der Waals surface area contributed by atoms with Gasteiger partial charge in [-0.05, 0) is 56.0 Å². The van der Waals surface area contributed by atoms with E-state index in [9.17, 15) is 27.2 Å². The zero-order chi connectivity index (χ0) is 31.6. The number of amides is 2. The molecule has 14 heteroatoms. The number of carbonyl (C=O) groups is 2. The van der Waals surface area contributed by atoms with E-state index >= 15 is 0 Å². The highest BCUT2D eigenvalue weighted by Crippen LogP contribution is 2.40. The average Bonchev–Trinajstić information content (AvgIpc) is 3.91. The van der Waals surface area contributed by atoms with Crippen molar-refractivity contribution in [3.63, 3.8) is 0 Å². The summed E-state index contributed by atoms with van der Waals surface area (Å²) in [6.07, 6.45) is 2.52. The Morgan fingerprint density at radius 1 is 1.12 bits per heavy atom. The van der Waals surface area contributed by atoms with Gasteiger partial charge in [-0.3, -0.25) is 14.0 Å². The number of methoxy groups -OCH3 is 1. The van der Waals surface area contributed by atoms with Gasteiger partial charge in [-0.2, -0.15) is 13.2 Å². The quantitative estimate of drug-likeness (QED) is 0.184. The highest BCUT2D eigenvalue weighted by Gasteiger charge is 2.47. The molecule has 10 nitrogen and oxygen atoms in total. The van der Waals surface area contributed by atoms with Crippen LogP contribution < -0.4 is 10.6 Å². The number of hydrogen-bond donors (Lipinski definition) is 3. The van der Waals surface area contributed by atoms with Gasteiger partial charge in [0.15, 0.2) is 11.3 Å². The maximum absolute atomic E-state index is 12.4. The van der Waals surface area contributed by atoms with E-state index in [1.54, 1.807) is 0 Å². The summed E-state index contributed by atoms with van der Waals surface area (Å²) in [7, 11) is 1.04. The number of H-pyrrole nitrogens is 1. The molecule has 2 aliphatic carbocycles. The minimum atomic E-state index is -4.28. The maximum atomic E-state index is 12.4. The van der Waals surface area contributed by atoms with Crippen molar-refractivity contribution in [2.24, 2.45) is 0 Å². The summed E-state index contributed by atoms with van der Waals surface area (Å²) in [6.45, 7) is 5.68. The summed E-state index contributed by atoms with van der Waals surface area (Å²) in [4.78, 5) is 31.9. The van der Waals surface area contributed by atoms with Crippen LogP contribution in [0.4, 0.5) is 17.6 Å². The molecule has 0 aliphatic heterocycles. The summed E-state index contributed by atoms with van der Waals surface area (Å²) >= 11 is 0. The van der Waals surface area contributed by atoms with Crippen LogP contribution >= 0.6 is 0 Å². The maximum Gasteiger partial charge on any atom is 0.416 e. The van der Waals surface area contributed by atoms with E-state index in [4.69, 9.17) is 4.63 Å². The number of benzene rings is 1. The fourth-order valence-corrected chi connectivity index (χ4v) is 3.36. The molecule has 2 heterocycles. The Morgan fingerprint density at radius 3 is 2.37 bits per heavy atom. The van der Waals surface area contributed by atoms with E-state index < -0.39 is 18.5 Å². The molecule has 0 saturated heterocycles. The number of alkyl halides is 4. The third-order valence-corrected chi connectivity index (χ3v) is 6.60. The summed E-state index contributed by atoms with van der Waals surface area (Å²) in [5.41, 5.74) is 1.82. The molecular weight excluding hydrogens is 572 g/mol. The fourth-order valence-electron chi connectivity index (χ4n) is 3.36. The molecule has 236 valence electrons. The first-order chi connectivity index (χ1) is 20.3. The molecule has 0 atom stereocenters. The SMILES string of the molecule is C1CC1.C=C(CCF)CC(=O)NCc1ccc2nc(CNC(=O)c3nonc3C3CC3)[nH]c2c1.COC(C)(C)C(F)(F)F. The van der Waals surface area contributed by atoms with Gasteiger partial charge in [0.25, 0.3) is 5.91 Å². The largest absolute Gasteiger partial charge is 0.416 e. The number of rotatable bonds is 11. The van der Waals surface area contributed by atoms with Crippen LogP contribution in [0.25, 0.3) is 11.0 Å². The molecule has 2 amide bonds. The van der Waals surface area contributed by atoms with Crippen LogP contribution in [-0.4, -0.2) is 57.7 Å². The Balaban J connectivity index is 0.000000354.